The van der Waals surface area contributed by atoms with Crippen LogP contribution in [0.25, 0.3) is 0 Å². The van der Waals surface area contributed by atoms with Crippen LogP contribution in [0, 0.1) is 0 Å². The summed E-state index contributed by atoms with van der Waals surface area (Å²) in [6, 6.07) is 0.250. The van der Waals surface area contributed by atoms with Gasteiger partial charge in [-0.2, -0.15) is 5.06 Å². The molecule has 0 aromatic carbocycles. The van der Waals surface area contributed by atoms with Gasteiger partial charge in [0, 0.05) is 12.6 Å². The SMILES string of the molecule is CCCN(O)C(CC)CCN. The van der Waals surface area contributed by atoms with Gasteiger partial charge < -0.3 is 10.9 Å². The van der Waals surface area contributed by atoms with Crippen molar-refractivity contribution in [2.75, 3.05) is 13.1 Å². The lowest BCUT2D eigenvalue weighted by Crippen LogP contribution is -2.34. The molecule has 0 aromatic heterocycles. The number of hydrogen-bond acceptors (Lipinski definition) is 3. The van der Waals surface area contributed by atoms with E-state index in [4.69, 9.17) is 5.73 Å². The Kier molecular flexibility index (Phi) is 6.51. The fourth-order valence-corrected chi connectivity index (χ4v) is 1.17. The predicted molar refractivity (Wildman–Crippen MR) is 46.5 cm³/mol. The van der Waals surface area contributed by atoms with Crippen LogP contribution in [0.1, 0.15) is 33.1 Å². The molecule has 0 amide bonds. The average molecular weight is 160 g/mol. The molecule has 0 bridgehead atoms. The minimum atomic E-state index is 0.250. The van der Waals surface area contributed by atoms with Gasteiger partial charge in [-0.1, -0.05) is 13.8 Å². The van der Waals surface area contributed by atoms with Gasteiger partial charge in [-0.15, -0.1) is 0 Å². The lowest BCUT2D eigenvalue weighted by Gasteiger charge is -2.23. The molecule has 0 saturated carbocycles. The second kappa shape index (κ2) is 6.58. The van der Waals surface area contributed by atoms with Crippen LogP contribution >= 0.6 is 0 Å². The van der Waals surface area contributed by atoms with Crippen molar-refractivity contribution in [3.63, 3.8) is 0 Å². The molecule has 3 heteroatoms. The molecule has 0 aromatic rings. The molecule has 1 atom stereocenters. The zero-order chi connectivity index (χ0) is 8.69. The second-order valence-corrected chi connectivity index (χ2v) is 2.80. The Morgan fingerprint density at radius 1 is 1.45 bits per heavy atom. The normalized spacial score (nSPS) is 13.9. The molecular weight excluding hydrogens is 140 g/mol. The molecule has 11 heavy (non-hydrogen) atoms. The Hall–Kier alpha value is -0.120. The van der Waals surface area contributed by atoms with Gasteiger partial charge in [-0.25, -0.2) is 0 Å². The van der Waals surface area contributed by atoms with Crippen LogP contribution in [0.4, 0.5) is 0 Å². The summed E-state index contributed by atoms with van der Waals surface area (Å²) in [6.07, 6.45) is 2.83. The van der Waals surface area contributed by atoms with Crippen LogP contribution in [0.2, 0.25) is 0 Å². The van der Waals surface area contributed by atoms with E-state index < -0.39 is 0 Å². The van der Waals surface area contributed by atoms with Crippen LogP contribution in [-0.4, -0.2) is 29.4 Å². The molecule has 0 fully saturated rings. The number of nitrogens with zero attached hydrogens (tertiary/aromatic N) is 1. The first-order valence-electron chi connectivity index (χ1n) is 4.41. The summed E-state index contributed by atoms with van der Waals surface area (Å²) in [4.78, 5) is 0. The van der Waals surface area contributed by atoms with Crippen molar-refractivity contribution in [2.24, 2.45) is 5.73 Å². The van der Waals surface area contributed by atoms with E-state index in [1.54, 1.807) is 0 Å². The molecule has 0 aliphatic carbocycles. The van der Waals surface area contributed by atoms with Crippen molar-refractivity contribution in [1.29, 1.82) is 0 Å². The van der Waals surface area contributed by atoms with Crippen molar-refractivity contribution >= 4 is 0 Å². The van der Waals surface area contributed by atoms with Crippen LogP contribution in [0.5, 0.6) is 0 Å². The molecule has 0 radical (unpaired) electrons. The summed E-state index contributed by atoms with van der Waals surface area (Å²) in [7, 11) is 0. The maximum absolute atomic E-state index is 9.42. The molecule has 0 rings (SSSR count). The van der Waals surface area contributed by atoms with Gasteiger partial charge in [0.25, 0.3) is 0 Å². The first kappa shape index (κ1) is 10.9. The van der Waals surface area contributed by atoms with E-state index in [0.717, 1.165) is 25.8 Å². The third-order valence-electron chi connectivity index (χ3n) is 1.85. The fourth-order valence-electron chi connectivity index (χ4n) is 1.17. The van der Waals surface area contributed by atoms with E-state index in [1.165, 1.54) is 5.06 Å². The summed E-state index contributed by atoms with van der Waals surface area (Å²) < 4.78 is 0. The van der Waals surface area contributed by atoms with Gasteiger partial charge in [0.2, 0.25) is 0 Å². The molecule has 1 unspecified atom stereocenters. The highest BCUT2D eigenvalue weighted by Crippen LogP contribution is 2.05. The molecule has 68 valence electrons. The average Bonchev–Trinajstić information content (AvgIpc) is 2.00. The highest BCUT2D eigenvalue weighted by molar-refractivity contribution is 4.63. The fraction of sp³-hybridized carbons (Fsp3) is 1.00. The maximum atomic E-state index is 9.42. The first-order chi connectivity index (χ1) is 5.26. The molecule has 0 spiro atoms. The molecule has 0 heterocycles. The Morgan fingerprint density at radius 3 is 2.45 bits per heavy atom. The summed E-state index contributed by atoms with van der Waals surface area (Å²) in [6.45, 7) is 5.52. The van der Waals surface area contributed by atoms with Crippen LogP contribution in [0.3, 0.4) is 0 Å². The summed E-state index contributed by atoms with van der Waals surface area (Å²) in [5.41, 5.74) is 5.40. The zero-order valence-corrected chi connectivity index (χ0v) is 7.58. The van der Waals surface area contributed by atoms with Gasteiger partial charge in [0.1, 0.15) is 0 Å². The predicted octanol–water partition coefficient (Wildman–Crippen LogP) is 1.22. The highest BCUT2D eigenvalue weighted by Gasteiger charge is 2.11. The Balaban J connectivity index is 3.61. The van der Waals surface area contributed by atoms with E-state index in [0.29, 0.717) is 6.54 Å². The lowest BCUT2D eigenvalue weighted by molar-refractivity contribution is -0.128. The van der Waals surface area contributed by atoms with E-state index in [-0.39, 0.29) is 6.04 Å². The van der Waals surface area contributed by atoms with Gasteiger partial charge in [-0.3, -0.25) is 0 Å². The van der Waals surface area contributed by atoms with E-state index in [1.807, 2.05) is 0 Å². The zero-order valence-electron chi connectivity index (χ0n) is 7.58. The van der Waals surface area contributed by atoms with Crippen LogP contribution in [-0.2, 0) is 0 Å². The van der Waals surface area contributed by atoms with Crippen LogP contribution < -0.4 is 5.73 Å². The Labute approximate surface area is 69.1 Å². The maximum Gasteiger partial charge on any atom is 0.0359 e. The van der Waals surface area contributed by atoms with Gasteiger partial charge >= 0.3 is 0 Å². The third kappa shape index (κ3) is 4.35. The van der Waals surface area contributed by atoms with Crippen LogP contribution in [0.15, 0.2) is 0 Å². The topological polar surface area (TPSA) is 49.5 Å². The second-order valence-electron chi connectivity index (χ2n) is 2.80. The monoisotopic (exact) mass is 160 g/mol. The largest absolute Gasteiger partial charge is 0.330 e. The summed E-state index contributed by atoms with van der Waals surface area (Å²) in [5, 5.41) is 10.8. The third-order valence-corrected chi connectivity index (χ3v) is 1.85. The number of nitrogens with two attached hydrogens (primary N) is 1. The lowest BCUT2D eigenvalue weighted by atomic mass is 10.1. The minimum Gasteiger partial charge on any atom is -0.330 e. The standard InChI is InChI=1S/C8H20N2O/c1-3-7-10(11)8(4-2)5-6-9/h8,11H,3-7,9H2,1-2H3. The number of hydrogen-bond donors (Lipinski definition) is 2. The van der Waals surface area contributed by atoms with E-state index in [9.17, 15) is 5.21 Å². The first-order valence-corrected chi connectivity index (χ1v) is 4.41. The van der Waals surface area contributed by atoms with E-state index in [2.05, 4.69) is 13.8 Å². The molecule has 3 nitrogen and oxygen atoms in total. The molecule has 0 saturated heterocycles. The van der Waals surface area contributed by atoms with Crippen molar-refractivity contribution in [1.82, 2.24) is 5.06 Å². The summed E-state index contributed by atoms with van der Waals surface area (Å²) in [5.74, 6) is 0. The van der Waals surface area contributed by atoms with Crippen molar-refractivity contribution in [3.05, 3.63) is 0 Å². The Morgan fingerprint density at radius 2 is 2.09 bits per heavy atom. The van der Waals surface area contributed by atoms with Crippen molar-refractivity contribution in [3.8, 4) is 0 Å². The summed E-state index contributed by atoms with van der Waals surface area (Å²) >= 11 is 0. The molecular formula is C8H20N2O. The number of rotatable bonds is 6. The molecule has 0 aliphatic heterocycles. The van der Waals surface area contributed by atoms with Crippen molar-refractivity contribution < 1.29 is 5.21 Å². The van der Waals surface area contributed by atoms with Gasteiger partial charge in [0.15, 0.2) is 0 Å². The van der Waals surface area contributed by atoms with Gasteiger partial charge in [-0.05, 0) is 25.8 Å². The molecule has 0 aliphatic rings. The van der Waals surface area contributed by atoms with Crippen molar-refractivity contribution in [2.45, 2.75) is 39.2 Å². The molecule has 3 N–H and O–H groups in total. The smallest absolute Gasteiger partial charge is 0.0359 e. The minimum absolute atomic E-state index is 0.250. The quantitative estimate of drug-likeness (QED) is 0.574. The Bertz CT molecular complexity index is 88.2. The van der Waals surface area contributed by atoms with E-state index >= 15 is 0 Å². The highest BCUT2D eigenvalue weighted by atomic mass is 16.5. The number of hydroxylamine groups is 2. The van der Waals surface area contributed by atoms with Gasteiger partial charge in [0.05, 0.1) is 0 Å².